The molecule has 0 aliphatic heterocycles. The molecule has 37 heavy (non-hydrogen) atoms. The van der Waals surface area contributed by atoms with Gasteiger partial charge in [-0.05, 0) is 60.5 Å². The number of amides is 2. The van der Waals surface area contributed by atoms with Gasteiger partial charge in [-0.1, -0.05) is 35.9 Å². The highest BCUT2D eigenvalue weighted by Crippen LogP contribution is 2.28. The number of hydrogen-bond donors (Lipinski definition) is 4. The molecule has 0 aliphatic carbocycles. The number of phenols is 1. The van der Waals surface area contributed by atoms with Gasteiger partial charge in [-0.15, -0.1) is 0 Å². The number of carbonyl (C=O) groups is 2. The van der Waals surface area contributed by atoms with Crippen LogP contribution in [0.3, 0.4) is 0 Å². The van der Waals surface area contributed by atoms with Crippen LogP contribution in [0.1, 0.15) is 39.4 Å². The van der Waals surface area contributed by atoms with Gasteiger partial charge in [0, 0.05) is 33.9 Å². The van der Waals surface area contributed by atoms with E-state index >= 15 is 0 Å². The molecule has 0 spiro atoms. The number of nitro benzene ring substituents is 1. The molecular formula is C26H21ClN4O6. The van der Waals surface area contributed by atoms with Crippen molar-refractivity contribution < 1.29 is 24.0 Å². The maximum Gasteiger partial charge on any atom is 0.311 e. The molecule has 10 nitrogen and oxygen atoms in total. The summed E-state index contributed by atoms with van der Waals surface area (Å²) in [4.78, 5) is 35.1. The predicted octanol–water partition coefficient (Wildman–Crippen LogP) is 5.46. The minimum Gasteiger partial charge on any atom is -0.502 e. The van der Waals surface area contributed by atoms with Crippen molar-refractivity contribution in [2.75, 3.05) is 5.32 Å². The third kappa shape index (κ3) is 5.88. The van der Waals surface area contributed by atoms with Crippen LogP contribution in [-0.2, 0) is 0 Å². The molecule has 0 radical (unpaired) electrons. The van der Waals surface area contributed by atoms with E-state index in [-0.39, 0.29) is 17.4 Å². The number of rotatable bonds is 7. The average molecular weight is 521 g/mol. The summed E-state index contributed by atoms with van der Waals surface area (Å²) in [5.41, 5.74) is 6.76. The number of phenolic OH excluding ortho intramolecular Hbond substituents is 1. The summed E-state index contributed by atoms with van der Waals surface area (Å²) < 4.78 is 5.34. The third-order valence-corrected chi connectivity index (χ3v) is 5.76. The zero-order valence-electron chi connectivity index (χ0n) is 19.4. The SMILES string of the molecule is CC(Nc1ccc(-c2ccoc2C(=O)NNC(=O)c2ccc(O)c([N+](=O)[O-])c2)cc1)c1cccc(Cl)c1. The molecule has 188 valence electrons. The number of carbonyl (C=O) groups excluding carboxylic acids is 2. The van der Waals surface area contributed by atoms with Gasteiger partial charge in [-0.3, -0.25) is 30.6 Å². The molecule has 4 rings (SSSR count). The molecule has 1 unspecified atom stereocenters. The molecule has 0 fully saturated rings. The van der Waals surface area contributed by atoms with E-state index in [4.69, 9.17) is 16.0 Å². The van der Waals surface area contributed by atoms with E-state index < -0.39 is 28.2 Å². The monoisotopic (exact) mass is 520 g/mol. The van der Waals surface area contributed by atoms with E-state index in [9.17, 15) is 24.8 Å². The fourth-order valence-corrected chi connectivity index (χ4v) is 3.82. The number of nitro groups is 1. The number of hydrazine groups is 1. The van der Waals surface area contributed by atoms with Crippen molar-refractivity contribution in [3.8, 4) is 16.9 Å². The lowest BCUT2D eigenvalue weighted by atomic mass is 10.0. The second-order valence-electron chi connectivity index (χ2n) is 8.03. The molecule has 0 bridgehead atoms. The lowest BCUT2D eigenvalue weighted by molar-refractivity contribution is -0.385. The van der Waals surface area contributed by atoms with E-state index in [0.717, 1.165) is 23.4 Å². The molecule has 11 heteroatoms. The third-order valence-electron chi connectivity index (χ3n) is 5.52. The topological polar surface area (TPSA) is 147 Å². The lowest BCUT2D eigenvalue weighted by Crippen LogP contribution is -2.41. The van der Waals surface area contributed by atoms with Crippen LogP contribution in [0.2, 0.25) is 5.02 Å². The molecule has 1 aromatic heterocycles. The number of anilines is 1. The summed E-state index contributed by atoms with van der Waals surface area (Å²) in [5.74, 6) is -2.15. The Labute approximate surface area is 216 Å². The quantitative estimate of drug-likeness (QED) is 0.187. The van der Waals surface area contributed by atoms with Crippen LogP contribution in [0.15, 0.2) is 83.5 Å². The van der Waals surface area contributed by atoms with Gasteiger partial charge in [0.1, 0.15) is 0 Å². The zero-order chi connectivity index (χ0) is 26.5. The minimum atomic E-state index is -0.821. The molecular weight excluding hydrogens is 500 g/mol. The number of furan rings is 1. The number of nitrogens with one attached hydrogen (secondary N) is 3. The van der Waals surface area contributed by atoms with Crippen LogP contribution >= 0.6 is 11.6 Å². The standard InChI is InChI=1S/C26H21ClN4O6/c1-15(17-3-2-4-19(27)13-17)28-20-8-5-16(6-9-20)21-11-12-37-24(21)26(34)30-29-25(33)18-7-10-23(32)22(14-18)31(35)36/h2-15,28,32H,1H3,(H,29,33)(H,30,34). The van der Waals surface area contributed by atoms with Gasteiger partial charge in [0.05, 0.1) is 11.2 Å². The van der Waals surface area contributed by atoms with Gasteiger partial charge in [0.2, 0.25) is 5.76 Å². The summed E-state index contributed by atoms with van der Waals surface area (Å²) in [6.45, 7) is 2.02. The van der Waals surface area contributed by atoms with Crippen molar-refractivity contribution in [3.05, 3.63) is 111 Å². The molecule has 1 heterocycles. The van der Waals surface area contributed by atoms with Gasteiger partial charge >= 0.3 is 11.6 Å². The van der Waals surface area contributed by atoms with Crippen LogP contribution in [0.4, 0.5) is 11.4 Å². The molecule has 3 aromatic carbocycles. The summed E-state index contributed by atoms with van der Waals surface area (Å²) in [6.07, 6.45) is 1.35. The molecule has 2 amide bonds. The van der Waals surface area contributed by atoms with Crippen molar-refractivity contribution in [2.45, 2.75) is 13.0 Å². The van der Waals surface area contributed by atoms with Crippen LogP contribution < -0.4 is 16.2 Å². The molecule has 1 atom stereocenters. The van der Waals surface area contributed by atoms with Gasteiger partial charge in [-0.25, -0.2) is 0 Å². The second kappa shape index (κ2) is 10.8. The van der Waals surface area contributed by atoms with Gasteiger partial charge in [0.15, 0.2) is 5.75 Å². The summed E-state index contributed by atoms with van der Waals surface area (Å²) in [7, 11) is 0. The Hall–Kier alpha value is -4.83. The first kappa shape index (κ1) is 25.3. The van der Waals surface area contributed by atoms with Crippen molar-refractivity contribution in [2.24, 2.45) is 0 Å². The number of hydrogen-bond acceptors (Lipinski definition) is 7. The summed E-state index contributed by atoms with van der Waals surface area (Å²) >= 11 is 6.08. The number of nitrogens with zero attached hydrogens (tertiary/aromatic N) is 1. The largest absolute Gasteiger partial charge is 0.502 e. The molecule has 0 saturated carbocycles. The first-order valence-electron chi connectivity index (χ1n) is 11.0. The van der Waals surface area contributed by atoms with E-state index in [1.165, 1.54) is 12.3 Å². The van der Waals surface area contributed by atoms with Crippen LogP contribution in [-0.4, -0.2) is 21.8 Å². The van der Waals surface area contributed by atoms with Crippen LogP contribution in [0.25, 0.3) is 11.1 Å². The highest BCUT2D eigenvalue weighted by Gasteiger charge is 2.20. The number of aromatic hydroxyl groups is 1. The van der Waals surface area contributed by atoms with Crippen molar-refractivity contribution in [1.82, 2.24) is 10.9 Å². The summed E-state index contributed by atoms with van der Waals surface area (Å²) in [5, 5.41) is 24.5. The zero-order valence-corrected chi connectivity index (χ0v) is 20.2. The fraction of sp³-hybridized carbons (Fsp3) is 0.0769. The Kier molecular flexibility index (Phi) is 7.40. The maximum absolute atomic E-state index is 12.7. The average Bonchev–Trinajstić information content (AvgIpc) is 3.38. The number of benzene rings is 3. The highest BCUT2D eigenvalue weighted by molar-refractivity contribution is 6.30. The Balaban J connectivity index is 1.41. The second-order valence-corrected chi connectivity index (χ2v) is 8.47. The fourth-order valence-electron chi connectivity index (χ4n) is 3.62. The van der Waals surface area contributed by atoms with Gasteiger partial charge < -0.3 is 14.8 Å². The molecule has 0 saturated heterocycles. The first-order valence-corrected chi connectivity index (χ1v) is 11.4. The van der Waals surface area contributed by atoms with Crippen molar-refractivity contribution in [3.63, 3.8) is 0 Å². The molecule has 0 aliphatic rings. The predicted molar refractivity (Wildman–Crippen MR) is 137 cm³/mol. The van der Waals surface area contributed by atoms with Gasteiger partial charge in [0.25, 0.3) is 5.91 Å². The smallest absolute Gasteiger partial charge is 0.311 e. The van der Waals surface area contributed by atoms with Crippen molar-refractivity contribution in [1.29, 1.82) is 0 Å². The molecule has 4 aromatic rings. The maximum atomic E-state index is 12.7. The summed E-state index contributed by atoms with van der Waals surface area (Å²) in [6, 6.07) is 19.7. The van der Waals surface area contributed by atoms with E-state index in [0.29, 0.717) is 16.1 Å². The lowest BCUT2D eigenvalue weighted by Gasteiger charge is -2.16. The van der Waals surface area contributed by atoms with E-state index in [1.807, 2.05) is 55.5 Å². The first-order chi connectivity index (χ1) is 17.7. The Morgan fingerprint density at radius 1 is 1.00 bits per heavy atom. The Morgan fingerprint density at radius 3 is 2.43 bits per heavy atom. The van der Waals surface area contributed by atoms with E-state index in [2.05, 4.69) is 16.2 Å². The Bertz CT molecular complexity index is 1470. The molecule has 4 N–H and O–H groups in total. The van der Waals surface area contributed by atoms with Gasteiger partial charge in [-0.2, -0.15) is 0 Å². The van der Waals surface area contributed by atoms with Crippen LogP contribution in [0.5, 0.6) is 5.75 Å². The highest BCUT2D eigenvalue weighted by atomic mass is 35.5. The Morgan fingerprint density at radius 2 is 1.73 bits per heavy atom. The number of halogens is 1. The minimum absolute atomic E-state index is 0.0124. The van der Waals surface area contributed by atoms with Crippen LogP contribution in [0, 0.1) is 10.1 Å². The van der Waals surface area contributed by atoms with Crippen molar-refractivity contribution >= 4 is 34.8 Å². The van der Waals surface area contributed by atoms with E-state index in [1.54, 1.807) is 6.07 Å². The normalized spacial score (nSPS) is 11.4.